The third-order valence-corrected chi connectivity index (χ3v) is 2.50. The van der Waals surface area contributed by atoms with Crippen molar-refractivity contribution in [1.82, 2.24) is 20.2 Å². The summed E-state index contributed by atoms with van der Waals surface area (Å²) in [7, 11) is 0. The maximum absolute atomic E-state index is 4.06. The number of nitrogens with zero attached hydrogens (tertiary/aromatic N) is 5. The molecule has 1 aromatic carbocycles. The Morgan fingerprint density at radius 1 is 1.12 bits per heavy atom. The molecule has 16 heavy (non-hydrogen) atoms. The van der Waals surface area contributed by atoms with E-state index >= 15 is 0 Å². The van der Waals surface area contributed by atoms with Crippen LogP contribution in [0.4, 0.5) is 5.95 Å². The van der Waals surface area contributed by atoms with Gasteiger partial charge in [-0.2, -0.15) is 4.68 Å². The van der Waals surface area contributed by atoms with Crippen LogP contribution in [0.25, 0.3) is 5.69 Å². The number of hydrogen-bond acceptors (Lipinski definition) is 4. The van der Waals surface area contributed by atoms with Crippen LogP contribution in [-0.2, 0) is 0 Å². The first-order chi connectivity index (χ1) is 7.86. The zero-order valence-electron chi connectivity index (χ0n) is 9.54. The minimum absolute atomic E-state index is 0.788. The summed E-state index contributed by atoms with van der Waals surface area (Å²) < 4.78 is 1.76. The Hall–Kier alpha value is -1.91. The van der Waals surface area contributed by atoms with E-state index in [0.29, 0.717) is 0 Å². The van der Waals surface area contributed by atoms with Gasteiger partial charge in [-0.1, -0.05) is 23.3 Å². The summed E-state index contributed by atoms with van der Waals surface area (Å²) in [5.74, 6) is 0.788. The Kier molecular flexibility index (Phi) is 3.14. The lowest BCUT2D eigenvalue weighted by Crippen LogP contribution is -2.25. The number of anilines is 1. The van der Waals surface area contributed by atoms with Gasteiger partial charge < -0.3 is 4.90 Å². The molecule has 0 aliphatic carbocycles. The number of para-hydroxylation sites is 1. The van der Waals surface area contributed by atoms with E-state index in [1.54, 1.807) is 4.68 Å². The van der Waals surface area contributed by atoms with Gasteiger partial charge in [0.2, 0.25) is 5.95 Å². The average molecular weight is 217 g/mol. The lowest BCUT2D eigenvalue weighted by molar-refractivity contribution is 0.759. The second-order valence-electron chi connectivity index (χ2n) is 3.40. The zero-order chi connectivity index (χ0) is 11.4. The van der Waals surface area contributed by atoms with Crippen LogP contribution >= 0.6 is 0 Å². The van der Waals surface area contributed by atoms with Crippen LogP contribution in [-0.4, -0.2) is 33.3 Å². The molecular weight excluding hydrogens is 202 g/mol. The molecule has 0 saturated heterocycles. The molecule has 1 aromatic heterocycles. The Balaban J connectivity index is 2.40. The molecule has 0 fully saturated rings. The lowest BCUT2D eigenvalue weighted by atomic mass is 10.3. The van der Waals surface area contributed by atoms with Gasteiger partial charge in [-0.05, 0) is 36.4 Å². The predicted octanol–water partition coefficient (Wildman–Crippen LogP) is 1.51. The van der Waals surface area contributed by atoms with Crippen molar-refractivity contribution in [2.24, 2.45) is 0 Å². The molecule has 0 bridgehead atoms. The highest BCUT2D eigenvalue weighted by atomic mass is 15.6. The van der Waals surface area contributed by atoms with Gasteiger partial charge >= 0.3 is 0 Å². The van der Waals surface area contributed by atoms with Gasteiger partial charge in [-0.15, -0.1) is 0 Å². The maximum atomic E-state index is 4.06. The predicted molar refractivity (Wildman–Crippen MR) is 62.7 cm³/mol. The molecule has 2 aromatic rings. The largest absolute Gasteiger partial charge is 0.340 e. The van der Waals surface area contributed by atoms with E-state index in [2.05, 4.69) is 34.3 Å². The Labute approximate surface area is 94.7 Å². The topological polar surface area (TPSA) is 46.8 Å². The SMILES string of the molecule is CCN(CC)c1nnnn1-c1ccccc1. The van der Waals surface area contributed by atoms with Crippen molar-refractivity contribution >= 4 is 5.95 Å². The summed E-state index contributed by atoms with van der Waals surface area (Å²) in [5, 5.41) is 11.8. The van der Waals surface area contributed by atoms with Gasteiger partial charge in [0.05, 0.1) is 5.69 Å². The third-order valence-electron chi connectivity index (χ3n) is 2.50. The van der Waals surface area contributed by atoms with Crippen LogP contribution < -0.4 is 4.90 Å². The van der Waals surface area contributed by atoms with Crippen molar-refractivity contribution in [3.8, 4) is 5.69 Å². The van der Waals surface area contributed by atoms with E-state index in [1.807, 2.05) is 30.3 Å². The van der Waals surface area contributed by atoms with Gasteiger partial charge in [0.1, 0.15) is 0 Å². The van der Waals surface area contributed by atoms with Crippen LogP contribution in [0.1, 0.15) is 13.8 Å². The van der Waals surface area contributed by atoms with Crippen molar-refractivity contribution in [2.75, 3.05) is 18.0 Å². The van der Waals surface area contributed by atoms with Crippen molar-refractivity contribution in [3.05, 3.63) is 30.3 Å². The molecule has 84 valence electrons. The molecule has 0 saturated carbocycles. The second-order valence-corrected chi connectivity index (χ2v) is 3.40. The molecule has 0 amide bonds. The van der Waals surface area contributed by atoms with Gasteiger partial charge in [0, 0.05) is 13.1 Å². The summed E-state index contributed by atoms with van der Waals surface area (Å²) in [5.41, 5.74) is 0.981. The zero-order valence-corrected chi connectivity index (χ0v) is 9.54. The van der Waals surface area contributed by atoms with Crippen molar-refractivity contribution < 1.29 is 0 Å². The molecule has 0 radical (unpaired) electrons. The fraction of sp³-hybridized carbons (Fsp3) is 0.364. The molecular formula is C11H15N5. The molecule has 0 N–H and O–H groups in total. The molecule has 2 rings (SSSR count). The first kappa shape index (κ1) is 10.6. The quantitative estimate of drug-likeness (QED) is 0.778. The Morgan fingerprint density at radius 2 is 1.81 bits per heavy atom. The van der Waals surface area contributed by atoms with Crippen LogP contribution in [0.15, 0.2) is 30.3 Å². The molecule has 0 unspecified atom stereocenters. The van der Waals surface area contributed by atoms with E-state index < -0.39 is 0 Å². The summed E-state index contributed by atoms with van der Waals surface area (Å²) in [6.07, 6.45) is 0. The summed E-state index contributed by atoms with van der Waals surface area (Å²) in [6.45, 7) is 5.97. The highest BCUT2D eigenvalue weighted by molar-refractivity contribution is 5.40. The van der Waals surface area contributed by atoms with E-state index in [1.165, 1.54) is 0 Å². The van der Waals surface area contributed by atoms with E-state index in [9.17, 15) is 0 Å². The highest BCUT2D eigenvalue weighted by Crippen LogP contribution is 2.14. The summed E-state index contributed by atoms with van der Waals surface area (Å²) >= 11 is 0. The number of rotatable bonds is 4. The van der Waals surface area contributed by atoms with E-state index in [-0.39, 0.29) is 0 Å². The summed E-state index contributed by atoms with van der Waals surface area (Å²) in [6, 6.07) is 9.91. The maximum Gasteiger partial charge on any atom is 0.250 e. The van der Waals surface area contributed by atoms with Crippen LogP contribution in [0, 0.1) is 0 Å². The van der Waals surface area contributed by atoms with Crippen molar-refractivity contribution in [1.29, 1.82) is 0 Å². The number of benzene rings is 1. The van der Waals surface area contributed by atoms with Gasteiger partial charge in [-0.3, -0.25) is 0 Å². The molecule has 5 heteroatoms. The Morgan fingerprint density at radius 3 is 2.44 bits per heavy atom. The van der Waals surface area contributed by atoms with Crippen molar-refractivity contribution in [2.45, 2.75) is 13.8 Å². The standard InChI is InChI=1S/C11H15N5/c1-3-15(4-2)11-12-13-14-16(11)10-8-6-5-7-9-10/h5-9H,3-4H2,1-2H3. The van der Waals surface area contributed by atoms with Gasteiger partial charge in [0.15, 0.2) is 0 Å². The van der Waals surface area contributed by atoms with Gasteiger partial charge in [0.25, 0.3) is 0 Å². The number of hydrogen-bond donors (Lipinski definition) is 0. The number of tetrazole rings is 1. The average Bonchev–Trinajstić information content (AvgIpc) is 2.81. The molecule has 0 aliphatic rings. The first-order valence-electron chi connectivity index (χ1n) is 5.45. The van der Waals surface area contributed by atoms with Crippen LogP contribution in [0.2, 0.25) is 0 Å². The van der Waals surface area contributed by atoms with Gasteiger partial charge in [-0.25, -0.2) is 0 Å². The van der Waals surface area contributed by atoms with Crippen molar-refractivity contribution in [3.63, 3.8) is 0 Å². The smallest absolute Gasteiger partial charge is 0.250 e. The number of aromatic nitrogens is 4. The fourth-order valence-corrected chi connectivity index (χ4v) is 1.62. The monoisotopic (exact) mass is 217 g/mol. The highest BCUT2D eigenvalue weighted by Gasteiger charge is 2.12. The molecule has 1 heterocycles. The minimum Gasteiger partial charge on any atom is -0.340 e. The van der Waals surface area contributed by atoms with E-state index in [4.69, 9.17) is 0 Å². The third kappa shape index (κ3) is 1.88. The molecule has 0 aliphatic heterocycles. The lowest BCUT2D eigenvalue weighted by Gasteiger charge is -2.18. The fourth-order valence-electron chi connectivity index (χ4n) is 1.62. The first-order valence-corrected chi connectivity index (χ1v) is 5.45. The minimum atomic E-state index is 0.788. The second kappa shape index (κ2) is 4.74. The molecule has 5 nitrogen and oxygen atoms in total. The van der Waals surface area contributed by atoms with Crippen LogP contribution in [0.3, 0.4) is 0 Å². The normalized spacial score (nSPS) is 10.4. The Bertz CT molecular complexity index is 433. The molecule has 0 spiro atoms. The summed E-state index contributed by atoms with van der Waals surface area (Å²) in [4.78, 5) is 2.12. The van der Waals surface area contributed by atoms with Crippen LogP contribution in [0.5, 0.6) is 0 Å². The molecule has 0 atom stereocenters. The van der Waals surface area contributed by atoms with E-state index in [0.717, 1.165) is 24.7 Å².